The summed E-state index contributed by atoms with van der Waals surface area (Å²) in [6, 6.07) is 15.6. The molecule has 0 heterocycles. The van der Waals surface area contributed by atoms with E-state index in [-0.39, 0.29) is 17.7 Å². The molecular formula is C21H26ClNO. The fraction of sp³-hybridized carbons (Fsp3) is 0.381. The average molecular weight is 344 g/mol. The molecule has 2 aromatic carbocycles. The number of carbonyl (C=O) groups excluding carboxylic acids is 1. The monoisotopic (exact) mass is 343 g/mol. The molecule has 2 atom stereocenters. The number of para-hydroxylation sites is 1. The van der Waals surface area contributed by atoms with Crippen molar-refractivity contribution in [2.24, 2.45) is 5.92 Å². The Labute approximate surface area is 150 Å². The molecule has 24 heavy (non-hydrogen) atoms. The second-order valence-corrected chi connectivity index (χ2v) is 7.10. The molecule has 128 valence electrons. The second-order valence-electron chi connectivity index (χ2n) is 6.66. The van der Waals surface area contributed by atoms with Crippen molar-refractivity contribution in [3.05, 3.63) is 64.7 Å². The number of anilines is 1. The van der Waals surface area contributed by atoms with Gasteiger partial charge in [0.25, 0.3) is 0 Å². The molecule has 0 saturated heterocycles. The summed E-state index contributed by atoms with van der Waals surface area (Å²) in [4.78, 5) is 13.0. The van der Waals surface area contributed by atoms with Crippen LogP contribution in [0, 0.1) is 5.92 Å². The lowest BCUT2D eigenvalue weighted by Crippen LogP contribution is -2.25. The maximum Gasteiger partial charge on any atom is 0.232 e. The SMILES string of the molecule is CC[C@@H](C)c1ccccc1NC(=O)[C@@H](c1ccc(Cl)cc1)C(C)C. The molecular weight excluding hydrogens is 318 g/mol. The number of carbonyl (C=O) groups is 1. The number of hydrogen-bond donors (Lipinski definition) is 1. The lowest BCUT2D eigenvalue weighted by molar-refractivity contribution is -0.118. The second kappa shape index (κ2) is 8.34. The maximum absolute atomic E-state index is 13.0. The van der Waals surface area contributed by atoms with Crippen LogP contribution in [-0.2, 0) is 4.79 Å². The third kappa shape index (κ3) is 4.39. The predicted octanol–water partition coefficient (Wildman–Crippen LogP) is 6.23. The first-order valence-corrected chi connectivity index (χ1v) is 8.97. The predicted molar refractivity (Wildman–Crippen MR) is 103 cm³/mol. The maximum atomic E-state index is 13.0. The van der Waals surface area contributed by atoms with Gasteiger partial charge in [0.1, 0.15) is 0 Å². The molecule has 0 bridgehead atoms. The van der Waals surface area contributed by atoms with Crippen molar-refractivity contribution >= 4 is 23.2 Å². The van der Waals surface area contributed by atoms with Crippen LogP contribution in [0.2, 0.25) is 5.02 Å². The number of amides is 1. The Balaban J connectivity index is 2.28. The van der Waals surface area contributed by atoms with Crippen molar-refractivity contribution in [1.29, 1.82) is 0 Å². The van der Waals surface area contributed by atoms with E-state index in [0.717, 1.165) is 17.7 Å². The molecule has 1 amide bonds. The minimum atomic E-state index is -0.202. The van der Waals surface area contributed by atoms with Crippen LogP contribution in [0.3, 0.4) is 0 Å². The van der Waals surface area contributed by atoms with Crippen LogP contribution >= 0.6 is 11.6 Å². The number of nitrogens with one attached hydrogen (secondary N) is 1. The first kappa shape index (κ1) is 18.5. The molecule has 0 saturated carbocycles. The van der Waals surface area contributed by atoms with Crippen molar-refractivity contribution in [2.75, 3.05) is 5.32 Å². The normalized spacial score (nSPS) is 13.6. The largest absolute Gasteiger partial charge is 0.325 e. The minimum Gasteiger partial charge on any atom is -0.325 e. The highest BCUT2D eigenvalue weighted by molar-refractivity contribution is 6.30. The van der Waals surface area contributed by atoms with Gasteiger partial charge in [0, 0.05) is 10.7 Å². The summed E-state index contributed by atoms with van der Waals surface area (Å²) in [6.45, 7) is 8.48. The van der Waals surface area contributed by atoms with Gasteiger partial charge in [0.2, 0.25) is 5.91 Å². The number of benzene rings is 2. The van der Waals surface area contributed by atoms with Gasteiger partial charge >= 0.3 is 0 Å². The van der Waals surface area contributed by atoms with Gasteiger partial charge in [-0.25, -0.2) is 0 Å². The fourth-order valence-electron chi connectivity index (χ4n) is 2.98. The van der Waals surface area contributed by atoms with Crippen molar-refractivity contribution in [3.63, 3.8) is 0 Å². The van der Waals surface area contributed by atoms with Gasteiger partial charge in [0.15, 0.2) is 0 Å². The standard InChI is InChI=1S/C21H26ClNO/c1-5-15(4)18-8-6-7-9-19(18)23-21(24)20(14(2)3)16-10-12-17(22)13-11-16/h6-15,20H,5H2,1-4H3,(H,23,24)/t15-,20-/m1/s1. The van der Waals surface area contributed by atoms with Crippen molar-refractivity contribution < 1.29 is 4.79 Å². The van der Waals surface area contributed by atoms with Crippen molar-refractivity contribution in [2.45, 2.75) is 46.0 Å². The van der Waals surface area contributed by atoms with E-state index < -0.39 is 0 Å². The van der Waals surface area contributed by atoms with Crippen molar-refractivity contribution in [3.8, 4) is 0 Å². The van der Waals surface area contributed by atoms with E-state index in [1.165, 1.54) is 5.56 Å². The Morgan fingerprint density at radius 1 is 1.04 bits per heavy atom. The Bertz CT molecular complexity index is 678. The molecule has 0 aromatic heterocycles. The molecule has 2 rings (SSSR count). The molecule has 2 nitrogen and oxygen atoms in total. The quantitative estimate of drug-likeness (QED) is 0.661. The third-order valence-electron chi connectivity index (χ3n) is 4.54. The topological polar surface area (TPSA) is 29.1 Å². The van der Waals surface area contributed by atoms with Crippen LogP contribution in [0.25, 0.3) is 0 Å². The van der Waals surface area contributed by atoms with Gasteiger partial charge < -0.3 is 5.32 Å². The lowest BCUT2D eigenvalue weighted by atomic mass is 9.87. The van der Waals surface area contributed by atoms with Crippen LogP contribution in [0.1, 0.15) is 57.1 Å². The molecule has 2 aromatic rings. The van der Waals surface area contributed by atoms with E-state index in [4.69, 9.17) is 11.6 Å². The molecule has 1 N–H and O–H groups in total. The van der Waals surface area contributed by atoms with Crippen LogP contribution in [0.15, 0.2) is 48.5 Å². The molecule has 0 aliphatic rings. The first-order valence-electron chi connectivity index (χ1n) is 8.59. The lowest BCUT2D eigenvalue weighted by Gasteiger charge is -2.23. The third-order valence-corrected chi connectivity index (χ3v) is 4.79. The van der Waals surface area contributed by atoms with Gasteiger partial charge in [-0.05, 0) is 47.6 Å². The molecule has 0 fully saturated rings. The Kier molecular flexibility index (Phi) is 6.44. The summed E-state index contributed by atoms with van der Waals surface area (Å²) in [5.41, 5.74) is 3.09. The molecule has 0 unspecified atom stereocenters. The van der Waals surface area contributed by atoms with Crippen molar-refractivity contribution in [1.82, 2.24) is 0 Å². The molecule has 0 aliphatic carbocycles. The van der Waals surface area contributed by atoms with Gasteiger partial charge in [-0.1, -0.05) is 69.6 Å². The van der Waals surface area contributed by atoms with E-state index in [1.54, 1.807) is 0 Å². The van der Waals surface area contributed by atoms with Crippen LogP contribution in [-0.4, -0.2) is 5.91 Å². The molecule has 0 radical (unpaired) electrons. The van der Waals surface area contributed by atoms with E-state index in [0.29, 0.717) is 10.9 Å². The van der Waals surface area contributed by atoms with Crippen LogP contribution in [0.5, 0.6) is 0 Å². The van der Waals surface area contributed by atoms with E-state index >= 15 is 0 Å². The summed E-state index contributed by atoms with van der Waals surface area (Å²) in [6.07, 6.45) is 1.04. The fourth-order valence-corrected chi connectivity index (χ4v) is 3.11. The molecule has 0 aliphatic heterocycles. The summed E-state index contributed by atoms with van der Waals surface area (Å²) in [5, 5.41) is 3.83. The highest BCUT2D eigenvalue weighted by atomic mass is 35.5. The zero-order valence-corrected chi connectivity index (χ0v) is 15.6. The highest BCUT2D eigenvalue weighted by Gasteiger charge is 2.25. The number of rotatable bonds is 6. The van der Waals surface area contributed by atoms with E-state index in [2.05, 4.69) is 39.1 Å². The van der Waals surface area contributed by atoms with E-state index in [1.807, 2.05) is 42.5 Å². The molecule has 0 spiro atoms. The summed E-state index contributed by atoms with van der Waals surface area (Å²) in [7, 11) is 0. The van der Waals surface area contributed by atoms with Gasteiger partial charge in [0.05, 0.1) is 5.92 Å². The Morgan fingerprint density at radius 3 is 2.25 bits per heavy atom. The van der Waals surface area contributed by atoms with Crippen LogP contribution in [0.4, 0.5) is 5.69 Å². The smallest absolute Gasteiger partial charge is 0.232 e. The zero-order valence-electron chi connectivity index (χ0n) is 14.8. The number of halogens is 1. The summed E-state index contributed by atoms with van der Waals surface area (Å²) >= 11 is 5.98. The minimum absolute atomic E-state index is 0.0306. The Hall–Kier alpha value is -1.80. The summed E-state index contributed by atoms with van der Waals surface area (Å²) < 4.78 is 0. The van der Waals surface area contributed by atoms with E-state index in [9.17, 15) is 4.79 Å². The Morgan fingerprint density at radius 2 is 1.67 bits per heavy atom. The average Bonchev–Trinajstić information content (AvgIpc) is 2.56. The zero-order chi connectivity index (χ0) is 17.7. The van der Waals surface area contributed by atoms with Crippen LogP contribution < -0.4 is 5.32 Å². The first-order chi connectivity index (χ1) is 11.4. The van der Waals surface area contributed by atoms with Gasteiger partial charge in [-0.3, -0.25) is 4.79 Å². The summed E-state index contributed by atoms with van der Waals surface area (Å²) in [5.74, 6) is 0.437. The van der Waals surface area contributed by atoms with Gasteiger partial charge in [-0.15, -0.1) is 0 Å². The highest BCUT2D eigenvalue weighted by Crippen LogP contribution is 2.30. The number of hydrogen-bond acceptors (Lipinski definition) is 1. The molecule has 3 heteroatoms. The van der Waals surface area contributed by atoms with Gasteiger partial charge in [-0.2, -0.15) is 0 Å².